The lowest BCUT2D eigenvalue weighted by atomic mass is 10.1. The average Bonchev–Trinajstić information content (AvgIpc) is 3.21. The molecular formula is C20H23N5O2S. The van der Waals surface area contributed by atoms with Crippen molar-refractivity contribution in [1.29, 1.82) is 0 Å². The highest BCUT2D eigenvalue weighted by Crippen LogP contribution is 2.29. The van der Waals surface area contributed by atoms with Gasteiger partial charge in [-0.15, -0.1) is 11.3 Å². The number of nitrogens with zero attached hydrogens (tertiary/aromatic N) is 4. The molecule has 1 aromatic carbocycles. The van der Waals surface area contributed by atoms with E-state index in [2.05, 4.69) is 45.1 Å². The number of amides is 1. The summed E-state index contributed by atoms with van der Waals surface area (Å²) in [6.07, 6.45) is 4.41. The number of aryl methyl sites for hydroxylation is 1. The van der Waals surface area contributed by atoms with Gasteiger partial charge in [-0.25, -0.2) is 15.0 Å². The van der Waals surface area contributed by atoms with Gasteiger partial charge in [0.15, 0.2) is 5.13 Å². The molecule has 4 rings (SSSR count). The van der Waals surface area contributed by atoms with E-state index in [0.717, 1.165) is 35.3 Å². The number of anilines is 1. The molecule has 1 fully saturated rings. The van der Waals surface area contributed by atoms with Gasteiger partial charge < -0.3 is 10.1 Å². The van der Waals surface area contributed by atoms with Crippen molar-refractivity contribution in [1.82, 2.24) is 19.9 Å². The Hall–Kier alpha value is -2.58. The summed E-state index contributed by atoms with van der Waals surface area (Å²) in [5.74, 6) is 0.547. The Kier molecular flexibility index (Phi) is 5.23. The minimum atomic E-state index is -0.101. The molecule has 1 aliphatic rings. The van der Waals surface area contributed by atoms with Crippen molar-refractivity contribution >= 4 is 33.3 Å². The molecule has 0 radical (unpaired) electrons. The molecule has 1 N–H and O–H groups in total. The summed E-state index contributed by atoms with van der Waals surface area (Å²) >= 11 is 1.51. The zero-order valence-electron chi connectivity index (χ0n) is 16.2. The molecule has 0 spiro atoms. The Labute approximate surface area is 167 Å². The van der Waals surface area contributed by atoms with Gasteiger partial charge in [0.05, 0.1) is 10.9 Å². The molecular weight excluding hydrogens is 374 g/mol. The molecule has 3 aromatic rings. The molecule has 28 heavy (non-hydrogen) atoms. The van der Waals surface area contributed by atoms with E-state index in [1.54, 1.807) is 6.33 Å². The third kappa shape index (κ3) is 4.13. The van der Waals surface area contributed by atoms with Gasteiger partial charge in [0.25, 0.3) is 0 Å². The molecule has 2 aromatic heterocycles. The molecule has 2 atom stereocenters. The van der Waals surface area contributed by atoms with Crippen LogP contribution in [-0.2, 0) is 11.3 Å². The Balaban J connectivity index is 1.43. The fraction of sp³-hybridized carbons (Fsp3) is 0.400. The van der Waals surface area contributed by atoms with Gasteiger partial charge in [0.1, 0.15) is 12.4 Å². The molecule has 1 amide bonds. The van der Waals surface area contributed by atoms with E-state index in [1.165, 1.54) is 23.8 Å². The number of benzene rings is 1. The van der Waals surface area contributed by atoms with Crippen LogP contribution in [0.1, 0.15) is 30.7 Å². The lowest BCUT2D eigenvalue weighted by molar-refractivity contribution is -0.114. The van der Waals surface area contributed by atoms with Crippen LogP contribution in [0.25, 0.3) is 10.9 Å². The topological polar surface area (TPSA) is 80.2 Å². The van der Waals surface area contributed by atoms with Crippen molar-refractivity contribution in [2.24, 2.45) is 0 Å². The Morgan fingerprint density at radius 3 is 3.04 bits per heavy atom. The van der Waals surface area contributed by atoms with Crippen LogP contribution < -0.4 is 10.1 Å². The molecule has 0 saturated carbocycles. The van der Waals surface area contributed by atoms with Crippen molar-refractivity contribution in [2.75, 3.05) is 11.9 Å². The second-order valence-corrected chi connectivity index (χ2v) is 8.38. The number of hydrogen-bond donors (Lipinski definition) is 1. The lowest BCUT2D eigenvalue weighted by Gasteiger charge is -2.19. The first-order chi connectivity index (χ1) is 13.5. The summed E-state index contributed by atoms with van der Waals surface area (Å²) in [6, 6.07) is 6.52. The third-order valence-electron chi connectivity index (χ3n) is 4.89. The number of carbonyl (C=O) groups is 1. The van der Waals surface area contributed by atoms with E-state index < -0.39 is 0 Å². The van der Waals surface area contributed by atoms with Gasteiger partial charge in [-0.2, -0.15) is 0 Å². The number of aromatic nitrogens is 3. The molecule has 0 bridgehead atoms. The third-order valence-corrected chi connectivity index (χ3v) is 5.79. The van der Waals surface area contributed by atoms with Gasteiger partial charge in [-0.1, -0.05) is 6.07 Å². The van der Waals surface area contributed by atoms with Crippen LogP contribution in [0.15, 0.2) is 30.7 Å². The average molecular weight is 398 g/mol. The van der Waals surface area contributed by atoms with E-state index >= 15 is 0 Å². The first-order valence-electron chi connectivity index (χ1n) is 9.32. The maximum atomic E-state index is 11.2. The first-order valence-corrected chi connectivity index (χ1v) is 10.1. The highest BCUT2D eigenvalue weighted by atomic mass is 32.1. The number of hydrogen-bond acceptors (Lipinski definition) is 7. The summed E-state index contributed by atoms with van der Waals surface area (Å²) in [6.45, 7) is 7.37. The van der Waals surface area contributed by atoms with Crippen molar-refractivity contribution in [2.45, 2.75) is 45.9 Å². The molecule has 8 heteroatoms. The number of fused-ring (bicyclic) bond motifs is 1. The lowest BCUT2D eigenvalue weighted by Crippen LogP contribution is -2.27. The number of thiazole rings is 1. The standard InChI is InChI=1S/C20H23N5O2S/c1-12-4-5-17-18(6-12)22-11-23-19(17)27-15-7-13(2)25(9-15)10-16-8-21-20(28-16)24-14(3)26/h4-6,8,11,13,15H,7,9-10H2,1-3H3,(H,21,24,26)/t13-,15+/m0/s1. The van der Waals surface area contributed by atoms with E-state index in [4.69, 9.17) is 4.74 Å². The van der Waals surface area contributed by atoms with Crippen molar-refractivity contribution in [3.05, 3.63) is 41.2 Å². The van der Waals surface area contributed by atoms with Gasteiger partial charge in [0, 0.05) is 43.5 Å². The van der Waals surface area contributed by atoms with E-state index in [1.807, 2.05) is 18.3 Å². The highest BCUT2D eigenvalue weighted by Gasteiger charge is 2.31. The van der Waals surface area contributed by atoms with Crippen LogP contribution in [0.3, 0.4) is 0 Å². The van der Waals surface area contributed by atoms with E-state index in [0.29, 0.717) is 17.1 Å². The quantitative estimate of drug-likeness (QED) is 0.711. The Morgan fingerprint density at radius 2 is 2.21 bits per heavy atom. The predicted octanol–water partition coefficient (Wildman–Crippen LogP) is 3.39. The summed E-state index contributed by atoms with van der Waals surface area (Å²) in [4.78, 5) is 27.6. The predicted molar refractivity (Wildman–Crippen MR) is 110 cm³/mol. The van der Waals surface area contributed by atoms with Crippen LogP contribution in [0.2, 0.25) is 0 Å². The summed E-state index contributed by atoms with van der Waals surface area (Å²) in [5.41, 5.74) is 2.07. The van der Waals surface area contributed by atoms with Gasteiger partial charge in [0.2, 0.25) is 11.8 Å². The monoisotopic (exact) mass is 397 g/mol. The maximum Gasteiger partial charge on any atom is 0.224 e. The zero-order chi connectivity index (χ0) is 19.7. The van der Waals surface area contributed by atoms with Crippen LogP contribution in [-0.4, -0.2) is 44.4 Å². The zero-order valence-corrected chi connectivity index (χ0v) is 17.0. The van der Waals surface area contributed by atoms with Crippen molar-refractivity contribution < 1.29 is 9.53 Å². The van der Waals surface area contributed by atoms with E-state index in [-0.39, 0.29) is 12.0 Å². The Morgan fingerprint density at radius 1 is 1.36 bits per heavy atom. The van der Waals surface area contributed by atoms with Crippen molar-refractivity contribution in [3.63, 3.8) is 0 Å². The fourth-order valence-electron chi connectivity index (χ4n) is 3.53. The largest absolute Gasteiger partial charge is 0.472 e. The smallest absolute Gasteiger partial charge is 0.224 e. The van der Waals surface area contributed by atoms with Gasteiger partial charge in [-0.05, 0) is 31.5 Å². The molecule has 3 heterocycles. The SMILES string of the molecule is CC(=O)Nc1ncc(CN2C[C@H](Oc3ncnc4cc(C)ccc34)C[C@@H]2C)s1. The highest BCUT2D eigenvalue weighted by molar-refractivity contribution is 7.15. The molecule has 7 nitrogen and oxygen atoms in total. The number of rotatable bonds is 5. The molecule has 0 aliphatic carbocycles. The number of nitrogens with one attached hydrogen (secondary N) is 1. The Bertz CT molecular complexity index is 1010. The number of likely N-dealkylation sites (tertiary alicyclic amines) is 1. The molecule has 0 unspecified atom stereocenters. The second-order valence-electron chi connectivity index (χ2n) is 7.27. The van der Waals surface area contributed by atoms with Gasteiger partial charge in [-0.3, -0.25) is 9.69 Å². The summed E-state index contributed by atoms with van der Waals surface area (Å²) < 4.78 is 6.26. The summed E-state index contributed by atoms with van der Waals surface area (Å²) in [7, 11) is 0. The van der Waals surface area contributed by atoms with Crippen LogP contribution >= 0.6 is 11.3 Å². The molecule has 1 aliphatic heterocycles. The van der Waals surface area contributed by atoms with E-state index in [9.17, 15) is 4.79 Å². The second kappa shape index (κ2) is 7.81. The maximum absolute atomic E-state index is 11.2. The van der Waals surface area contributed by atoms with Crippen LogP contribution in [0.5, 0.6) is 5.88 Å². The van der Waals surface area contributed by atoms with Crippen molar-refractivity contribution in [3.8, 4) is 5.88 Å². The van der Waals surface area contributed by atoms with Crippen LogP contribution in [0.4, 0.5) is 5.13 Å². The minimum Gasteiger partial charge on any atom is -0.472 e. The molecule has 1 saturated heterocycles. The fourth-order valence-corrected chi connectivity index (χ4v) is 4.42. The molecule has 146 valence electrons. The number of carbonyl (C=O) groups excluding carboxylic acids is 1. The normalized spacial score (nSPS) is 19.8. The summed E-state index contributed by atoms with van der Waals surface area (Å²) in [5, 5.41) is 4.32. The van der Waals surface area contributed by atoms with Crippen LogP contribution in [0, 0.1) is 6.92 Å². The number of ether oxygens (including phenoxy) is 1. The van der Waals surface area contributed by atoms with Gasteiger partial charge >= 0.3 is 0 Å². The first kappa shape index (κ1) is 18.8. The minimum absolute atomic E-state index is 0.0807.